The number of carbonyl (C=O) groups is 1. The molecule has 0 heterocycles. The van der Waals surface area contributed by atoms with Crippen molar-refractivity contribution >= 4 is 11.7 Å². The van der Waals surface area contributed by atoms with E-state index in [-0.39, 0.29) is 11.6 Å². The topological polar surface area (TPSA) is 60.0 Å². The molecule has 0 aliphatic carbocycles. The van der Waals surface area contributed by atoms with Crippen LogP contribution in [-0.4, -0.2) is 42.8 Å². The van der Waals surface area contributed by atoms with Gasteiger partial charge in [0.25, 0.3) is 0 Å². The number of hydrogen-bond acceptors (Lipinski definition) is 4. The molecule has 0 spiro atoms. The van der Waals surface area contributed by atoms with E-state index in [9.17, 15) is 4.79 Å². The lowest BCUT2D eigenvalue weighted by Crippen LogP contribution is -2.47. The Morgan fingerprint density at radius 1 is 0.960 bits per heavy atom. The van der Waals surface area contributed by atoms with Gasteiger partial charge in [0.2, 0.25) is 5.75 Å². The van der Waals surface area contributed by atoms with Crippen molar-refractivity contribution in [2.24, 2.45) is 0 Å². The quantitative estimate of drug-likeness (QED) is 0.746. The highest BCUT2D eigenvalue weighted by molar-refractivity contribution is 5.90. The van der Waals surface area contributed by atoms with Gasteiger partial charge in [0, 0.05) is 24.2 Å². The Balaban J connectivity index is 3.20. The largest absolute Gasteiger partial charge is 0.490 e. The molecule has 142 valence electrons. The first-order valence-electron chi connectivity index (χ1n) is 8.93. The van der Waals surface area contributed by atoms with Crippen LogP contribution in [0, 0.1) is 0 Å². The van der Waals surface area contributed by atoms with E-state index < -0.39 is 0 Å². The van der Waals surface area contributed by atoms with Crippen LogP contribution in [0.1, 0.15) is 48.5 Å². The molecule has 1 aromatic rings. The molecule has 2 amide bonds. The van der Waals surface area contributed by atoms with Crippen molar-refractivity contribution in [2.75, 3.05) is 31.7 Å². The van der Waals surface area contributed by atoms with E-state index >= 15 is 0 Å². The average molecular weight is 352 g/mol. The van der Waals surface area contributed by atoms with Crippen molar-refractivity contribution in [1.29, 1.82) is 0 Å². The highest BCUT2D eigenvalue weighted by Crippen LogP contribution is 2.41. The van der Waals surface area contributed by atoms with Gasteiger partial charge in [0.05, 0.1) is 25.5 Å². The number of urea groups is 1. The normalized spacial score (nSPS) is 11.0. The van der Waals surface area contributed by atoms with Crippen LogP contribution >= 0.6 is 0 Å². The fourth-order valence-electron chi connectivity index (χ4n) is 2.57. The number of anilines is 1. The fraction of sp³-hybridized carbons (Fsp3) is 0.632. The number of nitrogens with one attached hydrogen (secondary N) is 1. The van der Waals surface area contributed by atoms with E-state index in [0.717, 1.165) is 0 Å². The lowest BCUT2D eigenvalue weighted by Gasteiger charge is -2.34. The molecule has 0 radical (unpaired) electrons. The molecule has 1 aromatic carbocycles. The molecule has 6 heteroatoms. The van der Waals surface area contributed by atoms with E-state index in [1.165, 1.54) is 0 Å². The molecule has 0 atom stereocenters. The first kappa shape index (κ1) is 20.9. The molecule has 0 saturated carbocycles. The molecule has 0 unspecified atom stereocenters. The lowest BCUT2D eigenvalue weighted by molar-refractivity contribution is 0.162. The molecule has 0 fully saturated rings. The van der Waals surface area contributed by atoms with E-state index in [2.05, 4.69) is 5.32 Å². The average Bonchev–Trinajstić information content (AvgIpc) is 2.50. The first-order chi connectivity index (χ1) is 11.8. The summed E-state index contributed by atoms with van der Waals surface area (Å²) >= 11 is 0. The van der Waals surface area contributed by atoms with Gasteiger partial charge in [-0.1, -0.05) is 0 Å². The van der Waals surface area contributed by atoms with Crippen molar-refractivity contribution in [2.45, 2.75) is 54.0 Å². The van der Waals surface area contributed by atoms with E-state index in [4.69, 9.17) is 14.2 Å². The highest BCUT2D eigenvalue weighted by Gasteiger charge is 2.25. The summed E-state index contributed by atoms with van der Waals surface area (Å²) in [5, 5.41) is 2.94. The smallest absolute Gasteiger partial charge is 0.322 e. The van der Waals surface area contributed by atoms with Crippen molar-refractivity contribution in [3.8, 4) is 17.2 Å². The predicted octanol–water partition coefficient (Wildman–Crippen LogP) is 4.54. The zero-order valence-corrected chi connectivity index (χ0v) is 16.6. The van der Waals surface area contributed by atoms with Gasteiger partial charge in [0.1, 0.15) is 0 Å². The summed E-state index contributed by atoms with van der Waals surface area (Å²) in [5.74, 6) is 1.68. The number of amides is 2. The molecule has 1 rings (SSSR count). The van der Waals surface area contributed by atoms with Crippen molar-refractivity contribution in [3.63, 3.8) is 0 Å². The minimum Gasteiger partial charge on any atom is -0.490 e. The molecule has 25 heavy (non-hydrogen) atoms. The third-order valence-corrected chi connectivity index (χ3v) is 3.53. The van der Waals surface area contributed by atoms with Crippen LogP contribution in [-0.2, 0) is 0 Å². The summed E-state index contributed by atoms with van der Waals surface area (Å²) in [6.45, 7) is 15.8. The minimum atomic E-state index is -0.268. The second-order valence-corrected chi connectivity index (χ2v) is 6.45. The molecule has 0 bridgehead atoms. The SMILES string of the molecule is CCOc1cc(NC(=O)N(CC)C(C)(C)C)cc(OCC)c1OCC. The number of hydrogen-bond donors (Lipinski definition) is 1. The molecule has 0 aliphatic rings. The Morgan fingerprint density at radius 2 is 1.44 bits per heavy atom. The maximum absolute atomic E-state index is 12.6. The Kier molecular flexibility index (Phi) is 7.87. The third kappa shape index (κ3) is 5.73. The molecule has 0 saturated heterocycles. The zero-order valence-electron chi connectivity index (χ0n) is 16.6. The maximum Gasteiger partial charge on any atom is 0.322 e. The summed E-state index contributed by atoms with van der Waals surface area (Å²) in [6.07, 6.45) is 0. The predicted molar refractivity (Wildman–Crippen MR) is 101 cm³/mol. The van der Waals surface area contributed by atoms with Gasteiger partial charge in [-0.15, -0.1) is 0 Å². The lowest BCUT2D eigenvalue weighted by atomic mass is 10.1. The van der Waals surface area contributed by atoms with Gasteiger partial charge in [-0.05, 0) is 48.5 Å². The monoisotopic (exact) mass is 352 g/mol. The van der Waals surface area contributed by atoms with Crippen molar-refractivity contribution in [1.82, 2.24) is 4.90 Å². The van der Waals surface area contributed by atoms with Crippen LogP contribution in [0.3, 0.4) is 0 Å². The standard InChI is InChI=1S/C19H32N2O4/c1-8-21(19(5,6)7)18(22)20-14-12-15(23-9-2)17(25-11-4)16(13-14)24-10-3/h12-13H,8-11H2,1-7H3,(H,20,22). The fourth-order valence-corrected chi connectivity index (χ4v) is 2.57. The summed E-state index contributed by atoms with van der Waals surface area (Å²) in [5.41, 5.74) is 0.346. The van der Waals surface area contributed by atoms with Crippen LogP contribution in [0.15, 0.2) is 12.1 Å². The van der Waals surface area contributed by atoms with Gasteiger partial charge in [-0.25, -0.2) is 4.79 Å². The number of rotatable bonds is 8. The summed E-state index contributed by atoms with van der Waals surface area (Å²) < 4.78 is 17.0. The van der Waals surface area contributed by atoms with E-state index in [1.54, 1.807) is 17.0 Å². The number of carbonyl (C=O) groups excluding carboxylic acids is 1. The summed E-state index contributed by atoms with van der Waals surface area (Å²) in [4.78, 5) is 14.4. The third-order valence-electron chi connectivity index (χ3n) is 3.53. The van der Waals surface area contributed by atoms with E-state index in [0.29, 0.717) is 49.3 Å². The van der Waals surface area contributed by atoms with Crippen molar-refractivity contribution < 1.29 is 19.0 Å². The second-order valence-electron chi connectivity index (χ2n) is 6.45. The highest BCUT2D eigenvalue weighted by atomic mass is 16.5. The zero-order chi connectivity index (χ0) is 19.0. The number of nitrogens with zero attached hydrogens (tertiary/aromatic N) is 1. The van der Waals surface area contributed by atoms with Gasteiger partial charge in [-0.3, -0.25) is 0 Å². The van der Waals surface area contributed by atoms with Crippen LogP contribution < -0.4 is 19.5 Å². The Hall–Kier alpha value is -2.11. The number of ether oxygens (including phenoxy) is 3. The van der Waals surface area contributed by atoms with Gasteiger partial charge in [-0.2, -0.15) is 0 Å². The van der Waals surface area contributed by atoms with Crippen LogP contribution in [0.5, 0.6) is 17.2 Å². The Morgan fingerprint density at radius 3 is 1.80 bits per heavy atom. The minimum absolute atomic E-state index is 0.163. The Labute approximate surface area is 151 Å². The van der Waals surface area contributed by atoms with Crippen molar-refractivity contribution in [3.05, 3.63) is 12.1 Å². The van der Waals surface area contributed by atoms with Gasteiger partial charge >= 0.3 is 6.03 Å². The van der Waals surface area contributed by atoms with Gasteiger partial charge < -0.3 is 24.4 Å². The second kappa shape index (κ2) is 9.39. The van der Waals surface area contributed by atoms with Gasteiger partial charge in [0.15, 0.2) is 11.5 Å². The van der Waals surface area contributed by atoms with Crippen LogP contribution in [0.2, 0.25) is 0 Å². The Bertz CT molecular complexity index is 540. The van der Waals surface area contributed by atoms with Crippen LogP contribution in [0.4, 0.5) is 10.5 Å². The maximum atomic E-state index is 12.6. The molecule has 0 aliphatic heterocycles. The van der Waals surface area contributed by atoms with Crippen LogP contribution in [0.25, 0.3) is 0 Å². The molecule has 6 nitrogen and oxygen atoms in total. The molecular formula is C19H32N2O4. The molecular weight excluding hydrogens is 320 g/mol. The summed E-state index contributed by atoms with van der Waals surface area (Å²) in [6, 6.07) is 3.38. The summed E-state index contributed by atoms with van der Waals surface area (Å²) in [7, 11) is 0. The first-order valence-corrected chi connectivity index (χ1v) is 8.93. The molecule has 1 N–H and O–H groups in total. The molecule has 0 aromatic heterocycles. The number of benzene rings is 1. The van der Waals surface area contributed by atoms with E-state index in [1.807, 2.05) is 48.5 Å².